The Morgan fingerprint density at radius 1 is 1.30 bits per heavy atom. The largest absolute Gasteiger partial charge is 0.348 e. The van der Waals surface area contributed by atoms with Crippen LogP contribution in [-0.2, 0) is 13.1 Å². The number of hydrogen-bond acceptors (Lipinski definition) is 2. The summed E-state index contributed by atoms with van der Waals surface area (Å²) in [6.07, 6.45) is 5.40. The van der Waals surface area contributed by atoms with Gasteiger partial charge >= 0.3 is 6.03 Å². The van der Waals surface area contributed by atoms with E-state index in [1.165, 1.54) is 6.07 Å². The molecule has 2 amide bonds. The molecule has 0 saturated carbocycles. The van der Waals surface area contributed by atoms with Gasteiger partial charge in [-0.25, -0.2) is 14.2 Å². The Bertz CT molecular complexity index is 976. The Hall–Kier alpha value is -3.09. The van der Waals surface area contributed by atoms with Gasteiger partial charge in [-0.1, -0.05) is 6.07 Å². The molecule has 27 heavy (non-hydrogen) atoms. The first-order valence-corrected chi connectivity index (χ1v) is 9.03. The molecule has 0 fully saturated rings. The molecule has 7 heteroatoms. The Morgan fingerprint density at radius 2 is 2.15 bits per heavy atom. The molecule has 1 aromatic carbocycles. The molecule has 6 nitrogen and oxygen atoms in total. The van der Waals surface area contributed by atoms with Gasteiger partial charge in [-0.2, -0.15) is 0 Å². The molecule has 140 valence electrons. The highest BCUT2D eigenvalue weighted by Crippen LogP contribution is 2.25. The fourth-order valence-corrected chi connectivity index (χ4v) is 3.62. The van der Waals surface area contributed by atoms with Crippen LogP contribution in [0.1, 0.15) is 30.0 Å². The van der Waals surface area contributed by atoms with Crippen LogP contribution in [0.3, 0.4) is 0 Å². The van der Waals surface area contributed by atoms with Gasteiger partial charge in [0.15, 0.2) is 0 Å². The first kappa shape index (κ1) is 17.3. The average molecular weight is 367 g/mol. The summed E-state index contributed by atoms with van der Waals surface area (Å²) in [7, 11) is 0. The zero-order valence-electron chi connectivity index (χ0n) is 15.4. The van der Waals surface area contributed by atoms with Crippen LogP contribution in [-0.4, -0.2) is 31.6 Å². The van der Waals surface area contributed by atoms with Crippen LogP contribution in [0, 0.1) is 12.7 Å². The van der Waals surface area contributed by atoms with Crippen LogP contribution in [0.5, 0.6) is 0 Å². The van der Waals surface area contributed by atoms with Gasteiger partial charge in [0.05, 0.1) is 11.7 Å². The molecular weight excluding hydrogens is 345 g/mol. The number of nitrogens with one attached hydrogen (secondary N) is 1. The minimum Gasteiger partial charge on any atom is -0.348 e. The number of carbonyl (C=O) groups excluding carboxylic acids is 1. The van der Waals surface area contributed by atoms with Crippen molar-refractivity contribution in [3.63, 3.8) is 0 Å². The number of hydrogen-bond donors (Lipinski definition) is 1. The van der Waals surface area contributed by atoms with Crippen molar-refractivity contribution in [2.45, 2.75) is 33.0 Å². The second-order valence-corrected chi connectivity index (χ2v) is 6.78. The van der Waals surface area contributed by atoms with Gasteiger partial charge in [-0.3, -0.25) is 0 Å². The number of imidazole rings is 1. The van der Waals surface area contributed by atoms with Crippen molar-refractivity contribution in [1.29, 1.82) is 0 Å². The molecule has 0 spiro atoms. The van der Waals surface area contributed by atoms with E-state index in [9.17, 15) is 9.18 Å². The van der Waals surface area contributed by atoms with Crippen LogP contribution < -0.4 is 5.32 Å². The van der Waals surface area contributed by atoms with Crippen LogP contribution in [0.4, 0.5) is 9.18 Å². The van der Waals surface area contributed by atoms with Crippen molar-refractivity contribution < 1.29 is 9.18 Å². The van der Waals surface area contributed by atoms with E-state index in [-0.39, 0.29) is 24.4 Å². The smallest absolute Gasteiger partial charge is 0.318 e. The van der Waals surface area contributed by atoms with E-state index in [1.807, 2.05) is 43.1 Å². The number of amides is 2. The van der Waals surface area contributed by atoms with E-state index in [0.717, 1.165) is 23.6 Å². The van der Waals surface area contributed by atoms with Crippen molar-refractivity contribution in [3.05, 3.63) is 71.8 Å². The third-order valence-electron chi connectivity index (χ3n) is 5.14. The van der Waals surface area contributed by atoms with E-state index >= 15 is 0 Å². The van der Waals surface area contributed by atoms with Crippen molar-refractivity contribution in [2.24, 2.45) is 0 Å². The first-order chi connectivity index (χ1) is 13.0. The first-order valence-electron chi connectivity index (χ1n) is 9.03. The summed E-state index contributed by atoms with van der Waals surface area (Å²) in [5.74, 6) is 0.380. The van der Waals surface area contributed by atoms with Crippen molar-refractivity contribution in [3.8, 4) is 5.69 Å². The summed E-state index contributed by atoms with van der Waals surface area (Å²) >= 11 is 0. The van der Waals surface area contributed by atoms with Gasteiger partial charge in [0, 0.05) is 43.9 Å². The molecule has 1 aliphatic heterocycles. The van der Waals surface area contributed by atoms with E-state index in [2.05, 4.69) is 14.9 Å². The second kappa shape index (κ2) is 6.90. The van der Waals surface area contributed by atoms with Crippen LogP contribution in [0.25, 0.3) is 5.69 Å². The molecule has 1 atom stereocenters. The second-order valence-electron chi connectivity index (χ2n) is 6.78. The number of aryl methyl sites for hydroxylation is 1. The zero-order valence-corrected chi connectivity index (χ0v) is 15.4. The summed E-state index contributed by atoms with van der Waals surface area (Å²) < 4.78 is 18.4. The van der Waals surface area contributed by atoms with Gasteiger partial charge in [-0.15, -0.1) is 0 Å². The zero-order chi connectivity index (χ0) is 19.0. The summed E-state index contributed by atoms with van der Waals surface area (Å²) in [4.78, 5) is 18.5. The van der Waals surface area contributed by atoms with Crippen LogP contribution in [0.2, 0.25) is 0 Å². The predicted molar refractivity (Wildman–Crippen MR) is 100 cm³/mol. The van der Waals surface area contributed by atoms with Crippen molar-refractivity contribution in [1.82, 2.24) is 24.3 Å². The van der Waals surface area contributed by atoms with Gasteiger partial charge in [0.25, 0.3) is 0 Å². The Morgan fingerprint density at radius 3 is 2.89 bits per heavy atom. The summed E-state index contributed by atoms with van der Waals surface area (Å²) in [5.41, 5.74) is 2.29. The number of halogens is 1. The van der Waals surface area contributed by atoms with Crippen molar-refractivity contribution >= 4 is 6.03 Å². The lowest BCUT2D eigenvalue weighted by Gasteiger charge is -2.34. The molecule has 0 bridgehead atoms. The quantitative estimate of drug-likeness (QED) is 0.771. The van der Waals surface area contributed by atoms with Crippen LogP contribution >= 0.6 is 0 Å². The van der Waals surface area contributed by atoms with Crippen LogP contribution in [0.15, 0.2) is 48.9 Å². The lowest BCUT2D eigenvalue weighted by molar-refractivity contribution is 0.162. The molecule has 2 aromatic heterocycles. The number of carbonyl (C=O) groups is 1. The summed E-state index contributed by atoms with van der Waals surface area (Å²) in [5, 5.41) is 2.91. The molecule has 3 heterocycles. The fraction of sp³-hybridized carbons (Fsp3) is 0.300. The topological polar surface area (TPSA) is 55.1 Å². The molecule has 4 rings (SSSR count). The molecule has 1 unspecified atom stereocenters. The number of aromatic nitrogens is 3. The maximum Gasteiger partial charge on any atom is 0.318 e. The average Bonchev–Trinajstić information content (AvgIpc) is 3.29. The monoisotopic (exact) mass is 367 g/mol. The number of fused-ring (bicyclic) bond motifs is 1. The van der Waals surface area contributed by atoms with Gasteiger partial charge < -0.3 is 19.4 Å². The molecule has 1 aliphatic rings. The minimum atomic E-state index is -0.341. The normalized spacial score (nSPS) is 16.3. The maximum atomic E-state index is 14.5. The number of benzene rings is 1. The lowest BCUT2D eigenvalue weighted by atomic mass is 10.1. The van der Waals surface area contributed by atoms with Gasteiger partial charge in [-0.05, 0) is 43.7 Å². The third-order valence-corrected chi connectivity index (χ3v) is 5.14. The SMILES string of the molecule is Cc1nccn1-c1ccc(CNC(=O)N2CCn3cccc3C2C)cc1F. The van der Waals surface area contributed by atoms with E-state index in [1.54, 1.807) is 23.0 Å². The van der Waals surface area contributed by atoms with E-state index < -0.39 is 0 Å². The molecule has 3 aromatic rings. The highest BCUT2D eigenvalue weighted by Gasteiger charge is 2.27. The van der Waals surface area contributed by atoms with E-state index in [0.29, 0.717) is 12.2 Å². The minimum absolute atomic E-state index is 0.0112. The fourth-order valence-electron chi connectivity index (χ4n) is 3.62. The summed E-state index contributed by atoms with van der Waals surface area (Å²) in [6, 6.07) is 8.91. The Kier molecular flexibility index (Phi) is 4.43. The molecule has 1 N–H and O–H groups in total. The highest BCUT2D eigenvalue weighted by molar-refractivity contribution is 5.74. The standard InChI is InChI=1S/C20H22FN5O/c1-14-18-4-3-8-24(18)10-11-25(14)20(27)23-13-16-5-6-19(17(21)12-16)26-9-7-22-15(26)2/h3-9,12,14H,10-11,13H2,1-2H3,(H,23,27). The van der Waals surface area contributed by atoms with Crippen molar-refractivity contribution in [2.75, 3.05) is 6.54 Å². The third kappa shape index (κ3) is 3.20. The molecule has 0 aliphatic carbocycles. The molecule has 0 radical (unpaired) electrons. The predicted octanol–water partition coefficient (Wildman–Crippen LogP) is 3.41. The molecular formula is C20H22FN5O. The lowest BCUT2D eigenvalue weighted by Crippen LogP contribution is -2.45. The number of rotatable bonds is 3. The Balaban J connectivity index is 1.42. The number of nitrogens with zero attached hydrogens (tertiary/aromatic N) is 4. The maximum absolute atomic E-state index is 14.5. The van der Waals surface area contributed by atoms with E-state index in [4.69, 9.17) is 0 Å². The van der Waals surface area contributed by atoms with Gasteiger partial charge in [0.1, 0.15) is 11.6 Å². The Labute approximate surface area is 157 Å². The number of urea groups is 1. The highest BCUT2D eigenvalue weighted by atomic mass is 19.1. The summed E-state index contributed by atoms with van der Waals surface area (Å²) in [6.45, 7) is 5.56. The molecule has 0 saturated heterocycles. The van der Waals surface area contributed by atoms with Gasteiger partial charge in [0.2, 0.25) is 0 Å².